The lowest BCUT2D eigenvalue weighted by Gasteiger charge is -2.12. The summed E-state index contributed by atoms with van der Waals surface area (Å²) in [5.41, 5.74) is 0.271. The van der Waals surface area contributed by atoms with E-state index in [2.05, 4.69) is 26.2 Å². The van der Waals surface area contributed by atoms with Crippen molar-refractivity contribution in [2.24, 2.45) is 7.05 Å². The predicted molar refractivity (Wildman–Crippen MR) is 59.1 cm³/mol. The number of benzene rings is 1. The van der Waals surface area contributed by atoms with Gasteiger partial charge in [-0.15, -0.1) is 5.10 Å². The number of hydrogen-bond acceptors (Lipinski definition) is 3. The van der Waals surface area contributed by atoms with Crippen LogP contribution in [0.25, 0.3) is 0 Å². The van der Waals surface area contributed by atoms with Gasteiger partial charge in [0.05, 0.1) is 0 Å². The van der Waals surface area contributed by atoms with E-state index >= 15 is 0 Å². The summed E-state index contributed by atoms with van der Waals surface area (Å²) >= 11 is 3.10. The molecule has 0 aliphatic rings. The molecule has 1 heterocycles. The van der Waals surface area contributed by atoms with Crippen molar-refractivity contribution in [1.82, 2.24) is 15.0 Å². The zero-order valence-electron chi connectivity index (χ0n) is 8.73. The van der Waals surface area contributed by atoms with Crippen molar-refractivity contribution in [2.75, 3.05) is 0 Å². The van der Waals surface area contributed by atoms with Crippen LogP contribution in [0.2, 0.25) is 0 Å². The summed E-state index contributed by atoms with van der Waals surface area (Å²) in [6, 6.07) is 2.99. The Morgan fingerprint density at radius 2 is 2.12 bits per heavy atom. The van der Waals surface area contributed by atoms with E-state index in [-0.39, 0.29) is 5.56 Å². The minimum Gasteiger partial charge on any atom is -0.382 e. The van der Waals surface area contributed by atoms with E-state index in [0.717, 1.165) is 12.1 Å². The lowest BCUT2D eigenvalue weighted by Crippen LogP contribution is -2.09. The number of aliphatic hydroxyl groups excluding tert-OH is 1. The van der Waals surface area contributed by atoms with Gasteiger partial charge in [0.25, 0.3) is 0 Å². The molecule has 0 radical (unpaired) electrons. The first-order valence-corrected chi connectivity index (χ1v) is 5.48. The summed E-state index contributed by atoms with van der Waals surface area (Å²) in [7, 11) is 1.57. The van der Waals surface area contributed by atoms with Crippen LogP contribution in [0.15, 0.2) is 22.8 Å². The molecule has 7 heteroatoms. The number of aryl methyl sites for hydroxylation is 1. The average Bonchev–Trinajstić information content (AvgIpc) is 2.58. The molecule has 2 rings (SSSR count). The second-order valence-electron chi connectivity index (χ2n) is 3.46. The third-order valence-electron chi connectivity index (χ3n) is 2.34. The smallest absolute Gasteiger partial charge is 0.154 e. The first kappa shape index (κ1) is 12.1. The van der Waals surface area contributed by atoms with E-state index in [1.807, 2.05) is 0 Å². The molecule has 0 bridgehead atoms. The van der Waals surface area contributed by atoms with E-state index in [1.165, 1.54) is 10.7 Å². The molecule has 0 aliphatic carbocycles. The van der Waals surface area contributed by atoms with Gasteiger partial charge in [0.2, 0.25) is 0 Å². The minimum absolute atomic E-state index is 0.0301. The molecule has 0 amide bonds. The summed E-state index contributed by atoms with van der Waals surface area (Å²) in [5.74, 6) is -1.51. The van der Waals surface area contributed by atoms with Gasteiger partial charge < -0.3 is 5.11 Å². The average molecular weight is 304 g/mol. The molecule has 17 heavy (non-hydrogen) atoms. The zero-order chi connectivity index (χ0) is 12.6. The summed E-state index contributed by atoms with van der Waals surface area (Å²) < 4.78 is 27.9. The molecule has 0 fully saturated rings. The SMILES string of the molecule is Cn1nnc(Br)c1C(O)c1ccc(F)cc1F. The molecule has 0 saturated carbocycles. The Morgan fingerprint density at radius 1 is 1.41 bits per heavy atom. The third kappa shape index (κ3) is 2.20. The van der Waals surface area contributed by atoms with Crippen molar-refractivity contribution in [3.63, 3.8) is 0 Å². The van der Waals surface area contributed by atoms with E-state index in [1.54, 1.807) is 7.05 Å². The molecular weight excluding hydrogens is 296 g/mol. The highest BCUT2D eigenvalue weighted by atomic mass is 79.9. The van der Waals surface area contributed by atoms with Gasteiger partial charge in [0.15, 0.2) is 4.60 Å². The number of aliphatic hydroxyl groups is 1. The van der Waals surface area contributed by atoms with Gasteiger partial charge in [0, 0.05) is 18.7 Å². The molecule has 1 atom stereocenters. The maximum absolute atomic E-state index is 13.5. The zero-order valence-corrected chi connectivity index (χ0v) is 10.3. The number of aromatic nitrogens is 3. The van der Waals surface area contributed by atoms with Crippen LogP contribution in [0.4, 0.5) is 8.78 Å². The molecule has 1 aromatic carbocycles. The van der Waals surface area contributed by atoms with Gasteiger partial charge in [-0.3, -0.25) is 0 Å². The van der Waals surface area contributed by atoms with Gasteiger partial charge in [-0.25, -0.2) is 13.5 Å². The summed E-state index contributed by atoms with van der Waals surface area (Å²) in [4.78, 5) is 0. The van der Waals surface area contributed by atoms with E-state index in [4.69, 9.17) is 0 Å². The van der Waals surface area contributed by atoms with Crippen molar-refractivity contribution in [3.05, 3.63) is 45.7 Å². The fourth-order valence-corrected chi connectivity index (χ4v) is 2.04. The quantitative estimate of drug-likeness (QED) is 0.922. The topological polar surface area (TPSA) is 50.9 Å². The van der Waals surface area contributed by atoms with Gasteiger partial charge in [0.1, 0.15) is 23.4 Å². The number of hydrogen-bond donors (Lipinski definition) is 1. The molecule has 1 aromatic heterocycles. The molecule has 4 nitrogen and oxygen atoms in total. The lowest BCUT2D eigenvalue weighted by atomic mass is 10.1. The molecular formula is C10H8BrF2N3O. The minimum atomic E-state index is -1.26. The molecule has 2 aromatic rings. The van der Waals surface area contributed by atoms with Crippen molar-refractivity contribution in [2.45, 2.75) is 6.10 Å². The highest BCUT2D eigenvalue weighted by Gasteiger charge is 2.22. The Labute approximate surface area is 104 Å². The Hall–Kier alpha value is -1.34. The standard InChI is InChI=1S/C10H8BrF2N3O/c1-16-8(10(11)14-15-16)9(17)6-3-2-5(12)4-7(6)13/h2-4,9,17H,1H3. The predicted octanol–water partition coefficient (Wildman–Crippen LogP) is 1.94. The summed E-state index contributed by atoms with van der Waals surface area (Å²) in [6.07, 6.45) is -1.26. The largest absolute Gasteiger partial charge is 0.382 e. The number of nitrogens with zero attached hydrogens (tertiary/aromatic N) is 3. The van der Waals surface area contributed by atoms with Crippen molar-refractivity contribution in [1.29, 1.82) is 0 Å². The van der Waals surface area contributed by atoms with Gasteiger partial charge >= 0.3 is 0 Å². The summed E-state index contributed by atoms with van der Waals surface area (Å²) in [6.45, 7) is 0. The lowest BCUT2D eigenvalue weighted by molar-refractivity contribution is 0.203. The molecule has 1 N–H and O–H groups in total. The Kier molecular flexibility index (Phi) is 3.21. The monoisotopic (exact) mass is 303 g/mol. The van der Waals surface area contributed by atoms with E-state index in [9.17, 15) is 13.9 Å². The second kappa shape index (κ2) is 4.50. The van der Waals surface area contributed by atoms with E-state index in [0.29, 0.717) is 10.3 Å². The van der Waals surface area contributed by atoms with Crippen molar-refractivity contribution >= 4 is 15.9 Å². The molecule has 90 valence electrons. The van der Waals surface area contributed by atoms with Crippen LogP contribution < -0.4 is 0 Å². The molecule has 0 aliphatic heterocycles. The van der Waals surface area contributed by atoms with Gasteiger partial charge in [-0.05, 0) is 22.0 Å². The highest BCUT2D eigenvalue weighted by Crippen LogP contribution is 2.28. The van der Waals surface area contributed by atoms with E-state index < -0.39 is 17.7 Å². The van der Waals surface area contributed by atoms with Crippen LogP contribution in [0.3, 0.4) is 0 Å². The van der Waals surface area contributed by atoms with Crippen molar-refractivity contribution in [3.8, 4) is 0 Å². The fourth-order valence-electron chi connectivity index (χ4n) is 1.50. The highest BCUT2D eigenvalue weighted by molar-refractivity contribution is 9.10. The van der Waals surface area contributed by atoms with Crippen LogP contribution in [0.5, 0.6) is 0 Å². The molecule has 0 spiro atoms. The van der Waals surface area contributed by atoms with Gasteiger partial charge in [-0.2, -0.15) is 0 Å². The summed E-state index contributed by atoms with van der Waals surface area (Å²) in [5, 5.41) is 17.4. The van der Waals surface area contributed by atoms with Crippen LogP contribution in [-0.4, -0.2) is 20.1 Å². The Balaban J connectivity index is 2.47. The number of rotatable bonds is 2. The normalized spacial score (nSPS) is 12.8. The maximum Gasteiger partial charge on any atom is 0.154 e. The fraction of sp³-hybridized carbons (Fsp3) is 0.200. The van der Waals surface area contributed by atoms with Crippen LogP contribution in [0, 0.1) is 11.6 Å². The Morgan fingerprint density at radius 3 is 2.65 bits per heavy atom. The number of halogens is 3. The second-order valence-corrected chi connectivity index (χ2v) is 4.21. The Bertz CT molecular complexity index is 539. The first-order chi connectivity index (χ1) is 8.00. The maximum atomic E-state index is 13.5. The molecule has 1 unspecified atom stereocenters. The van der Waals surface area contributed by atoms with Crippen molar-refractivity contribution < 1.29 is 13.9 Å². The van der Waals surface area contributed by atoms with Crippen LogP contribution in [0.1, 0.15) is 17.4 Å². The van der Waals surface area contributed by atoms with Crippen LogP contribution in [-0.2, 0) is 7.05 Å². The van der Waals surface area contributed by atoms with Crippen LogP contribution >= 0.6 is 15.9 Å². The third-order valence-corrected chi connectivity index (χ3v) is 2.91. The van der Waals surface area contributed by atoms with Gasteiger partial charge in [-0.1, -0.05) is 11.3 Å². The first-order valence-electron chi connectivity index (χ1n) is 4.68. The molecule has 0 saturated heterocycles.